The molecule has 6 nitrogen and oxygen atoms in total. The SMILES string of the molecule is CCC(C)(NC(=O)c1ccc(Oc2ccccc2)o1)C(=O)O. The number of hydrogen-bond acceptors (Lipinski definition) is 4. The summed E-state index contributed by atoms with van der Waals surface area (Å²) in [7, 11) is 0. The van der Waals surface area contributed by atoms with E-state index in [9.17, 15) is 9.59 Å². The number of amides is 1. The summed E-state index contributed by atoms with van der Waals surface area (Å²) in [4.78, 5) is 23.3. The van der Waals surface area contributed by atoms with Gasteiger partial charge in [-0.2, -0.15) is 0 Å². The van der Waals surface area contributed by atoms with E-state index in [1.165, 1.54) is 19.1 Å². The van der Waals surface area contributed by atoms with Gasteiger partial charge in [-0.25, -0.2) is 4.79 Å². The molecular weight excluding hydrogens is 286 g/mol. The van der Waals surface area contributed by atoms with Gasteiger partial charge in [0.25, 0.3) is 11.9 Å². The van der Waals surface area contributed by atoms with Crippen LogP contribution in [0.25, 0.3) is 0 Å². The minimum Gasteiger partial charge on any atom is -0.480 e. The number of rotatable bonds is 6. The van der Waals surface area contributed by atoms with Crippen molar-refractivity contribution in [3.8, 4) is 11.7 Å². The van der Waals surface area contributed by atoms with E-state index in [-0.39, 0.29) is 18.1 Å². The number of benzene rings is 1. The molecular formula is C16H17NO5. The van der Waals surface area contributed by atoms with Crippen molar-refractivity contribution >= 4 is 11.9 Å². The fourth-order valence-electron chi connectivity index (χ4n) is 1.71. The van der Waals surface area contributed by atoms with E-state index in [1.807, 2.05) is 18.2 Å². The largest absolute Gasteiger partial charge is 0.480 e. The number of para-hydroxylation sites is 1. The number of furan rings is 1. The van der Waals surface area contributed by atoms with E-state index in [2.05, 4.69) is 5.32 Å². The van der Waals surface area contributed by atoms with Gasteiger partial charge in [0.1, 0.15) is 11.3 Å². The number of carbonyl (C=O) groups is 2. The molecule has 0 saturated carbocycles. The Hall–Kier alpha value is -2.76. The molecule has 22 heavy (non-hydrogen) atoms. The number of carboxylic acids is 1. The Morgan fingerprint density at radius 2 is 1.91 bits per heavy atom. The van der Waals surface area contributed by atoms with E-state index in [0.29, 0.717) is 5.75 Å². The van der Waals surface area contributed by atoms with Crippen molar-refractivity contribution < 1.29 is 23.8 Å². The highest BCUT2D eigenvalue weighted by Crippen LogP contribution is 2.23. The molecule has 1 aromatic heterocycles. The minimum atomic E-state index is -1.34. The molecule has 116 valence electrons. The van der Waals surface area contributed by atoms with Crippen LogP contribution in [0.5, 0.6) is 11.7 Å². The van der Waals surface area contributed by atoms with Gasteiger partial charge in [0.05, 0.1) is 0 Å². The second kappa shape index (κ2) is 6.34. The molecule has 0 bridgehead atoms. The molecule has 1 amide bonds. The second-order valence-electron chi connectivity index (χ2n) is 4.98. The smallest absolute Gasteiger partial charge is 0.329 e. The van der Waals surface area contributed by atoms with Crippen LogP contribution in [0.4, 0.5) is 0 Å². The standard InChI is InChI=1S/C16H17NO5/c1-3-16(2,15(19)20)17-14(18)12-9-10-13(22-12)21-11-7-5-4-6-8-11/h4-10H,3H2,1-2H3,(H,17,18)(H,19,20). The average Bonchev–Trinajstić information content (AvgIpc) is 2.96. The zero-order valence-corrected chi connectivity index (χ0v) is 12.3. The van der Waals surface area contributed by atoms with Crippen molar-refractivity contribution in [1.29, 1.82) is 0 Å². The minimum absolute atomic E-state index is 0.00754. The molecule has 0 aliphatic rings. The number of carbonyl (C=O) groups excluding carboxylic acids is 1. The first-order chi connectivity index (χ1) is 10.4. The third-order valence-corrected chi connectivity index (χ3v) is 3.34. The first kappa shape index (κ1) is 15.6. The lowest BCUT2D eigenvalue weighted by molar-refractivity contribution is -0.143. The lowest BCUT2D eigenvalue weighted by Crippen LogP contribution is -2.51. The van der Waals surface area contributed by atoms with Crippen LogP contribution in [-0.2, 0) is 4.79 Å². The summed E-state index contributed by atoms with van der Waals surface area (Å²) in [6, 6.07) is 11.9. The van der Waals surface area contributed by atoms with Gasteiger partial charge in [0.2, 0.25) is 0 Å². The Bertz CT molecular complexity index is 664. The van der Waals surface area contributed by atoms with Crippen molar-refractivity contribution in [2.45, 2.75) is 25.8 Å². The molecule has 0 aliphatic heterocycles. The summed E-state index contributed by atoms with van der Waals surface area (Å²) in [6.45, 7) is 3.12. The molecule has 2 aromatic rings. The van der Waals surface area contributed by atoms with Crippen LogP contribution in [0.15, 0.2) is 46.9 Å². The maximum atomic E-state index is 12.1. The molecule has 0 spiro atoms. The van der Waals surface area contributed by atoms with E-state index >= 15 is 0 Å². The number of aliphatic carboxylic acids is 1. The zero-order valence-electron chi connectivity index (χ0n) is 12.3. The van der Waals surface area contributed by atoms with Crippen LogP contribution in [0.3, 0.4) is 0 Å². The quantitative estimate of drug-likeness (QED) is 0.856. The van der Waals surface area contributed by atoms with Gasteiger partial charge in [-0.1, -0.05) is 25.1 Å². The molecule has 0 saturated heterocycles. The lowest BCUT2D eigenvalue weighted by Gasteiger charge is -2.23. The summed E-state index contributed by atoms with van der Waals surface area (Å²) in [5.74, 6) is -0.977. The highest BCUT2D eigenvalue weighted by Gasteiger charge is 2.33. The highest BCUT2D eigenvalue weighted by atomic mass is 16.6. The third-order valence-electron chi connectivity index (χ3n) is 3.34. The predicted molar refractivity (Wildman–Crippen MR) is 79.0 cm³/mol. The molecule has 0 radical (unpaired) electrons. The van der Waals surface area contributed by atoms with Crippen molar-refractivity contribution in [2.75, 3.05) is 0 Å². The number of hydrogen-bond donors (Lipinski definition) is 2. The third kappa shape index (κ3) is 3.46. The molecule has 2 rings (SSSR count). The van der Waals surface area contributed by atoms with Gasteiger partial charge in [0.15, 0.2) is 5.76 Å². The van der Waals surface area contributed by atoms with E-state index < -0.39 is 17.4 Å². The van der Waals surface area contributed by atoms with Gasteiger partial charge >= 0.3 is 5.97 Å². The number of carboxylic acid groups (broad SMARTS) is 1. The maximum Gasteiger partial charge on any atom is 0.329 e. The van der Waals surface area contributed by atoms with Crippen LogP contribution < -0.4 is 10.1 Å². The molecule has 0 fully saturated rings. The second-order valence-corrected chi connectivity index (χ2v) is 4.98. The number of nitrogens with one attached hydrogen (secondary N) is 1. The Balaban J connectivity index is 2.08. The van der Waals surface area contributed by atoms with Crippen LogP contribution in [0, 0.1) is 0 Å². The van der Waals surface area contributed by atoms with Gasteiger partial charge < -0.3 is 19.6 Å². The van der Waals surface area contributed by atoms with E-state index in [0.717, 1.165) is 0 Å². The summed E-state index contributed by atoms with van der Waals surface area (Å²) < 4.78 is 10.7. The summed E-state index contributed by atoms with van der Waals surface area (Å²) in [5.41, 5.74) is -1.34. The van der Waals surface area contributed by atoms with Crippen molar-refractivity contribution in [1.82, 2.24) is 5.32 Å². The maximum absolute atomic E-state index is 12.1. The Labute approximate surface area is 127 Å². The summed E-state index contributed by atoms with van der Waals surface area (Å²) in [6.07, 6.45) is 0.252. The van der Waals surface area contributed by atoms with Crippen molar-refractivity contribution in [2.24, 2.45) is 0 Å². The molecule has 2 N–H and O–H groups in total. The Kier molecular flexibility index (Phi) is 4.50. The Morgan fingerprint density at radius 3 is 2.50 bits per heavy atom. The van der Waals surface area contributed by atoms with Crippen LogP contribution in [0.2, 0.25) is 0 Å². The molecule has 1 atom stereocenters. The van der Waals surface area contributed by atoms with Crippen molar-refractivity contribution in [3.63, 3.8) is 0 Å². The van der Waals surface area contributed by atoms with Crippen LogP contribution in [-0.4, -0.2) is 22.5 Å². The molecule has 1 aromatic carbocycles. The average molecular weight is 303 g/mol. The van der Waals surface area contributed by atoms with Gasteiger partial charge in [-0.15, -0.1) is 0 Å². The molecule has 1 unspecified atom stereocenters. The lowest BCUT2D eigenvalue weighted by atomic mass is 9.99. The monoisotopic (exact) mass is 303 g/mol. The molecule has 0 aliphatic carbocycles. The van der Waals surface area contributed by atoms with Gasteiger partial charge in [0, 0.05) is 6.07 Å². The first-order valence-electron chi connectivity index (χ1n) is 6.83. The predicted octanol–water partition coefficient (Wildman–Crippen LogP) is 3.06. The normalized spacial score (nSPS) is 13.2. The van der Waals surface area contributed by atoms with Gasteiger partial charge in [-0.05, 0) is 31.5 Å². The topological polar surface area (TPSA) is 88.8 Å². The molecule has 1 heterocycles. The van der Waals surface area contributed by atoms with Crippen LogP contribution >= 0.6 is 0 Å². The van der Waals surface area contributed by atoms with E-state index in [1.54, 1.807) is 19.1 Å². The highest BCUT2D eigenvalue weighted by molar-refractivity contribution is 5.95. The summed E-state index contributed by atoms with van der Waals surface area (Å²) in [5, 5.41) is 11.6. The zero-order chi connectivity index (χ0) is 16.2. The fourth-order valence-corrected chi connectivity index (χ4v) is 1.71. The Morgan fingerprint density at radius 1 is 1.23 bits per heavy atom. The summed E-state index contributed by atoms with van der Waals surface area (Å²) >= 11 is 0. The molecule has 6 heteroatoms. The van der Waals surface area contributed by atoms with E-state index in [4.69, 9.17) is 14.3 Å². The van der Waals surface area contributed by atoms with Crippen LogP contribution in [0.1, 0.15) is 30.8 Å². The van der Waals surface area contributed by atoms with Crippen molar-refractivity contribution in [3.05, 3.63) is 48.2 Å². The fraction of sp³-hybridized carbons (Fsp3) is 0.250. The van der Waals surface area contributed by atoms with Gasteiger partial charge in [-0.3, -0.25) is 4.79 Å². The number of ether oxygens (including phenoxy) is 1. The first-order valence-corrected chi connectivity index (χ1v) is 6.83.